The largest absolute Gasteiger partial charge is 0.486 e. The molecule has 0 unspecified atom stereocenters. The zero-order chi connectivity index (χ0) is 46.6. The van der Waals surface area contributed by atoms with E-state index in [1.54, 1.807) is 0 Å². The van der Waals surface area contributed by atoms with E-state index in [1.165, 1.54) is 38.3 Å². The van der Waals surface area contributed by atoms with Gasteiger partial charge in [-0.3, -0.25) is 9.97 Å². The number of furan rings is 1. The molecule has 8 heteroatoms. The number of fused-ring (bicyclic) bond motifs is 7. The van der Waals surface area contributed by atoms with E-state index in [-0.39, 0.29) is 31.9 Å². The first-order valence-corrected chi connectivity index (χ1v) is 27.1. The first-order chi connectivity index (χ1) is 31.6. The number of aromatic nitrogens is 5. The van der Waals surface area contributed by atoms with Crippen LogP contribution in [-0.4, -0.2) is 32.6 Å². The number of benzene rings is 5. The molecule has 10 rings (SSSR count). The summed E-state index contributed by atoms with van der Waals surface area (Å²) < 4.78 is 9.02. The predicted octanol–water partition coefficient (Wildman–Crippen LogP) is 15.5. The van der Waals surface area contributed by atoms with Crippen molar-refractivity contribution in [2.24, 2.45) is 5.92 Å². The molecule has 0 aliphatic heterocycles. The van der Waals surface area contributed by atoms with Crippen molar-refractivity contribution in [3.63, 3.8) is 0 Å². The molecule has 0 N–H and O–H groups in total. The molecule has 0 fully saturated rings. The van der Waals surface area contributed by atoms with E-state index in [1.807, 2.05) is 31.2 Å². The molecule has 6 nitrogen and oxygen atoms in total. The topological polar surface area (TPSA) is 69.6 Å². The van der Waals surface area contributed by atoms with Crippen molar-refractivity contribution in [1.29, 1.82) is 0 Å². The molecule has 1 radical (unpaired) electrons. The van der Waals surface area contributed by atoms with Crippen LogP contribution in [0.15, 0.2) is 120 Å². The van der Waals surface area contributed by atoms with Crippen LogP contribution in [0.1, 0.15) is 101 Å². The molecule has 0 aliphatic carbocycles. The summed E-state index contributed by atoms with van der Waals surface area (Å²) in [6.07, 6.45) is 3.24. The van der Waals surface area contributed by atoms with Gasteiger partial charge in [0.15, 0.2) is 0 Å². The van der Waals surface area contributed by atoms with Gasteiger partial charge in [-0.25, -0.2) is 4.98 Å². The first kappa shape index (κ1) is 47.7. The molecule has 5 aromatic carbocycles. The Morgan fingerprint density at radius 3 is 2.12 bits per heavy atom. The fraction of sp³-hybridized carbons (Fsp3) is 0.288. The predicted molar refractivity (Wildman–Crippen MR) is 280 cm³/mol. The molecular formula is C59H61IrN5OSi-2. The van der Waals surface area contributed by atoms with Crippen molar-refractivity contribution in [2.45, 2.75) is 106 Å². The Morgan fingerprint density at radius 2 is 1.42 bits per heavy atom. The minimum atomic E-state index is -1.34. The number of hydrogen-bond acceptors (Lipinski definition) is 5. The molecule has 0 saturated heterocycles. The second-order valence-corrected chi connectivity index (χ2v) is 25.3. The number of aryl methyl sites for hydroxylation is 1. The summed E-state index contributed by atoms with van der Waals surface area (Å²) >= 11 is 0. The molecule has 67 heavy (non-hydrogen) atoms. The van der Waals surface area contributed by atoms with E-state index in [0.717, 1.165) is 78.7 Å². The van der Waals surface area contributed by atoms with E-state index in [4.69, 9.17) is 19.4 Å². The SMILES string of the molecule is CC(C)Cc1cc(-c2[c-]cccc2)ncc1[Si](C)(C)C.Cc1ccc2c(ccc3nc(-c4[c-]ccc5c4oc4nc(C(C)C)ccc45)n(-c4c(C(C)C)cc5ccccc5c4C(C)C)c32)n1.[Ir]. The quantitative estimate of drug-likeness (QED) is 0.106. The van der Waals surface area contributed by atoms with Gasteiger partial charge in [0, 0.05) is 54.1 Å². The molecule has 0 spiro atoms. The van der Waals surface area contributed by atoms with Crippen LogP contribution in [0.5, 0.6) is 0 Å². The van der Waals surface area contributed by atoms with Gasteiger partial charge in [-0.15, -0.1) is 54.1 Å². The maximum absolute atomic E-state index is 6.64. The maximum Gasteiger partial charge on any atom is 0.216 e. The maximum atomic E-state index is 6.64. The zero-order valence-electron chi connectivity index (χ0n) is 41.0. The second-order valence-electron chi connectivity index (χ2n) is 20.3. The van der Waals surface area contributed by atoms with E-state index >= 15 is 0 Å². The monoisotopic (exact) mass is 1080 g/mol. The summed E-state index contributed by atoms with van der Waals surface area (Å²) in [7, 11) is -1.34. The van der Waals surface area contributed by atoms with Crippen LogP contribution in [-0.2, 0) is 26.5 Å². The zero-order valence-corrected chi connectivity index (χ0v) is 44.4. The van der Waals surface area contributed by atoms with Crippen molar-refractivity contribution >= 4 is 68.0 Å². The summed E-state index contributed by atoms with van der Waals surface area (Å²) in [5, 5.41) is 7.09. The number of nitrogens with zero attached hydrogens (tertiary/aromatic N) is 5. The molecule has 0 amide bonds. The molecule has 343 valence electrons. The summed E-state index contributed by atoms with van der Waals surface area (Å²) in [5.41, 5.74) is 14.5. The Bertz CT molecular complexity index is 3410. The fourth-order valence-electron chi connectivity index (χ4n) is 9.53. The van der Waals surface area contributed by atoms with E-state index < -0.39 is 8.07 Å². The van der Waals surface area contributed by atoms with Crippen molar-refractivity contribution in [2.75, 3.05) is 0 Å². The van der Waals surface area contributed by atoms with E-state index in [0.29, 0.717) is 17.5 Å². The van der Waals surface area contributed by atoms with Crippen LogP contribution in [0.4, 0.5) is 0 Å². The Balaban J connectivity index is 0.000000244. The van der Waals surface area contributed by atoms with Crippen LogP contribution in [0, 0.1) is 25.0 Å². The van der Waals surface area contributed by atoms with Crippen LogP contribution in [0.2, 0.25) is 19.6 Å². The minimum absolute atomic E-state index is 0. The molecule has 0 saturated carbocycles. The van der Waals surface area contributed by atoms with Crippen molar-refractivity contribution in [1.82, 2.24) is 24.5 Å². The van der Waals surface area contributed by atoms with Gasteiger partial charge in [0.05, 0.1) is 36.0 Å². The molecule has 5 heterocycles. The molecule has 0 atom stereocenters. The van der Waals surface area contributed by atoms with Gasteiger partial charge in [-0.05, 0) is 112 Å². The van der Waals surface area contributed by atoms with Crippen LogP contribution in [0.25, 0.3) is 83.1 Å². The van der Waals surface area contributed by atoms with Crippen LogP contribution >= 0.6 is 0 Å². The van der Waals surface area contributed by atoms with Gasteiger partial charge in [0.1, 0.15) is 0 Å². The minimum Gasteiger partial charge on any atom is -0.486 e. The normalized spacial score (nSPS) is 12.1. The summed E-state index contributed by atoms with van der Waals surface area (Å²) in [4.78, 5) is 19.9. The molecule has 10 aromatic rings. The van der Waals surface area contributed by atoms with Gasteiger partial charge in [0.2, 0.25) is 5.71 Å². The first-order valence-electron chi connectivity index (χ1n) is 23.6. The number of hydrogen-bond donors (Lipinski definition) is 0. The smallest absolute Gasteiger partial charge is 0.216 e. The summed E-state index contributed by atoms with van der Waals surface area (Å²) in [6, 6.07) is 45.1. The Hall–Kier alpha value is -5.79. The number of rotatable bonds is 9. The van der Waals surface area contributed by atoms with Gasteiger partial charge in [-0.1, -0.05) is 122 Å². The number of pyridine rings is 3. The summed E-state index contributed by atoms with van der Waals surface area (Å²) in [5.74, 6) is 2.29. The second kappa shape index (κ2) is 19.1. The van der Waals surface area contributed by atoms with Crippen molar-refractivity contribution in [3.8, 4) is 28.3 Å². The average molecular weight is 1080 g/mol. The van der Waals surface area contributed by atoms with E-state index in [9.17, 15) is 0 Å². The molecule has 5 aromatic heterocycles. The average Bonchev–Trinajstić information content (AvgIpc) is 3.86. The molecule has 0 bridgehead atoms. The molecule has 0 aliphatic rings. The van der Waals surface area contributed by atoms with Gasteiger partial charge < -0.3 is 14.0 Å². The fourth-order valence-corrected chi connectivity index (χ4v) is 11.1. The third-order valence-electron chi connectivity index (χ3n) is 12.7. The van der Waals surface area contributed by atoms with Gasteiger partial charge in [-0.2, -0.15) is 0 Å². The Labute approximate surface area is 410 Å². The van der Waals surface area contributed by atoms with Crippen LogP contribution < -0.4 is 5.19 Å². The molecular weight excluding hydrogens is 1010 g/mol. The Kier molecular flexibility index (Phi) is 13.6. The van der Waals surface area contributed by atoms with Gasteiger partial charge >= 0.3 is 0 Å². The van der Waals surface area contributed by atoms with Crippen molar-refractivity contribution < 1.29 is 24.5 Å². The summed E-state index contributed by atoms with van der Waals surface area (Å²) in [6.45, 7) is 27.2. The van der Waals surface area contributed by atoms with E-state index in [2.05, 4.69) is 188 Å². The Morgan fingerprint density at radius 1 is 0.672 bits per heavy atom. The van der Waals surface area contributed by atoms with Crippen molar-refractivity contribution in [3.05, 3.63) is 156 Å². The van der Waals surface area contributed by atoms with Gasteiger partial charge in [0.25, 0.3) is 0 Å². The third-order valence-corrected chi connectivity index (χ3v) is 14.7. The third kappa shape index (κ3) is 9.16. The standard InChI is InChI=1S/C41H37N4O.C18H24NSi.Ir/c1-22(2)32-21-26-11-8-9-12-27(26)36(24(5)6)38(32)45-37-30-16-15-25(7)42-34(30)19-20-35(37)43-40(45)31-14-10-13-28-29-17-18-33(23(3)4)44-41(29)46-39(28)31;1-14(2)11-16-12-17(15-9-7-6-8-10-15)19-13-18(16)20(3,4)5;/h8-13,15-24H,1-7H3;6-9,12-14H,11H2,1-5H3;/q2*-1;. The number of imidazole rings is 1. The van der Waals surface area contributed by atoms with Crippen LogP contribution in [0.3, 0.4) is 0 Å².